The molecule has 120 valence electrons. The first kappa shape index (κ1) is 16.6. The molecule has 1 saturated heterocycles. The molecule has 1 aromatic carbocycles. The van der Waals surface area contributed by atoms with Gasteiger partial charge in [0.25, 0.3) is 0 Å². The summed E-state index contributed by atoms with van der Waals surface area (Å²) in [4.78, 5) is 16.5. The minimum atomic E-state index is 0.0843. The minimum absolute atomic E-state index is 0.0843. The van der Waals surface area contributed by atoms with Crippen LogP contribution in [0.2, 0.25) is 0 Å². The standard InChI is InChI=1S/C18H26N2O2/c1-3-15-22-17-8-6-5-7-16(17)9-10-18(21)20-13-11-19(4-2)12-14-20/h5-10H,3-4,11-15H2,1-2H3/b10-9+. The minimum Gasteiger partial charge on any atom is -0.493 e. The monoisotopic (exact) mass is 302 g/mol. The first-order chi connectivity index (χ1) is 10.7. The molecule has 0 aromatic heterocycles. The Morgan fingerprint density at radius 2 is 1.91 bits per heavy atom. The number of carbonyl (C=O) groups excluding carboxylic acids is 1. The Morgan fingerprint density at radius 3 is 2.59 bits per heavy atom. The zero-order valence-corrected chi connectivity index (χ0v) is 13.6. The van der Waals surface area contributed by atoms with Gasteiger partial charge in [-0.1, -0.05) is 32.0 Å². The number of hydrogen-bond donors (Lipinski definition) is 0. The van der Waals surface area contributed by atoms with Gasteiger partial charge in [0.1, 0.15) is 5.75 Å². The van der Waals surface area contributed by atoms with Gasteiger partial charge in [0.15, 0.2) is 0 Å². The average Bonchev–Trinajstić information content (AvgIpc) is 2.58. The lowest BCUT2D eigenvalue weighted by Crippen LogP contribution is -2.48. The molecule has 4 heteroatoms. The summed E-state index contributed by atoms with van der Waals surface area (Å²) in [6, 6.07) is 7.83. The van der Waals surface area contributed by atoms with Crippen molar-refractivity contribution in [3.05, 3.63) is 35.9 Å². The number of likely N-dealkylation sites (N-methyl/N-ethyl adjacent to an activating group) is 1. The molecule has 0 radical (unpaired) electrons. The molecule has 1 aromatic rings. The molecule has 0 atom stereocenters. The average molecular weight is 302 g/mol. The van der Waals surface area contributed by atoms with Crippen LogP contribution in [0.25, 0.3) is 6.08 Å². The lowest BCUT2D eigenvalue weighted by molar-refractivity contribution is -0.127. The van der Waals surface area contributed by atoms with E-state index < -0.39 is 0 Å². The van der Waals surface area contributed by atoms with Crippen molar-refractivity contribution >= 4 is 12.0 Å². The van der Waals surface area contributed by atoms with Gasteiger partial charge in [0.05, 0.1) is 6.61 Å². The number of para-hydroxylation sites is 1. The molecule has 0 aliphatic carbocycles. The third kappa shape index (κ3) is 4.60. The fourth-order valence-electron chi connectivity index (χ4n) is 2.51. The van der Waals surface area contributed by atoms with E-state index >= 15 is 0 Å². The highest BCUT2D eigenvalue weighted by Gasteiger charge is 2.18. The number of amides is 1. The van der Waals surface area contributed by atoms with Crippen LogP contribution in [-0.2, 0) is 4.79 Å². The molecular formula is C18H26N2O2. The predicted molar refractivity (Wildman–Crippen MR) is 90.0 cm³/mol. The van der Waals surface area contributed by atoms with Gasteiger partial charge in [-0.3, -0.25) is 4.79 Å². The van der Waals surface area contributed by atoms with E-state index in [-0.39, 0.29) is 5.91 Å². The molecule has 22 heavy (non-hydrogen) atoms. The third-order valence-electron chi connectivity index (χ3n) is 3.92. The van der Waals surface area contributed by atoms with Gasteiger partial charge in [-0.05, 0) is 25.1 Å². The van der Waals surface area contributed by atoms with E-state index in [1.54, 1.807) is 6.08 Å². The van der Waals surface area contributed by atoms with Gasteiger partial charge in [-0.2, -0.15) is 0 Å². The number of ether oxygens (including phenoxy) is 1. The second-order valence-corrected chi connectivity index (χ2v) is 5.48. The Hall–Kier alpha value is -1.81. The highest BCUT2D eigenvalue weighted by molar-refractivity contribution is 5.92. The summed E-state index contributed by atoms with van der Waals surface area (Å²) in [6.07, 6.45) is 4.49. The van der Waals surface area contributed by atoms with Crippen molar-refractivity contribution in [2.75, 3.05) is 39.3 Å². The largest absolute Gasteiger partial charge is 0.493 e. The first-order valence-corrected chi connectivity index (χ1v) is 8.15. The van der Waals surface area contributed by atoms with E-state index in [9.17, 15) is 4.79 Å². The molecular weight excluding hydrogens is 276 g/mol. The Bertz CT molecular complexity index is 506. The Kier molecular flexibility index (Phi) is 6.46. The number of carbonyl (C=O) groups is 1. The van der Waals surface area contributed by atoms with Crippen molar-refractivity contribution in [2.24, 2.45) is 0 Å². The fraction of sp³-hybridized carbons (Fsp3) is 0.500. The molecule has 0 spiro atoms. The van der Waals surface area contributed by atoms with Crippen LogP contribution in [0.1, 0.15) is 25.8 Å². The molecule has 0 bridgehead atoms. The number of benzene rings is 1. The normalized spacial score (nSPS) is 16.2. The van der Waals surface area contributed by atoms with Crippen LogP contribution < -0.4 is 4.74 Å². The molecule has 1 amide bonds. The SMILES string of the molecule is CCCOc1ccccc1/C=C/C(=O)N1CCN(CC)CC1. The van der Waals surface area contributed by atoms with Crippen LogP contribution >= 0.6 is 0 Å². The third-order valence-corrected chi connectivity index (χ3v) is 3.92. The summed E-state index contributed by atoms with van der Waals surface area (Å²) < 4.78 is 5.71. The van der Waals surface area contributed by atoms with E-state index in [1.807, 2.05) is 35.2 Å². The molecule has 0 saturated carbocycles. The van der Waals surface area contributed by atoms with Crippen LogP contribution in [0.5, 0.6) is 5.75 Å². The number of rotatable bonds is 6. The first-order valence-electron chi connectivity index (χ1n) is 8.15. The zero-order valence-electron chi connectivity index (χ0n) is 13.6. The summed E-state index contributed by atoms with van der Waals surface area (Å²) >= 11 is 0. The topological polar surface area (TPSA) is 32.8 Å². The highest BCUT2D eigenvalue weighted by Crippen LogP contribution is 2.19. The van der Waals surface area contributed by atoms with Crippen molar-refractivity contribution in [2.45, 2.75) is 20.3 Å². The van der Waals surface area contributed by atoms with Crippen LogP contribution in [-0.4, -0.2) is 55.0 Å². The smallest absolute Gasteiger partial charge is 0.246 e. The van der Waals surface area contributed by atoms with E-state index in [2.05, 4.69) is 18.7 Å². The highest BCUT2D eigenvalue weighted by atomic mass is 16.5. The lowest BCUT2D eigenvalue weighted by atomic mass is 10.2. The Labute approximate surface area is 133 Å². The van der Waals surface area contributed by atoms with Gasteiger partial charge in [-0.15, -0.1) is 0 Å². The maximum absolute atomic E-state index is 12.3. The van der Waals surface area contributed by atoms with E-state index in [0.29, 0.717) is 6.61 Å². The van der Waals surface area contributed by atoms with Gasteiger partial charge in [0.2, 0.25) is 5.91 Å². The number of piperazine rings is 1. The summed E-state index contributed by atoms with van der Waals surface area (Å²) in [5, 5.41) is 0. The molecule has 0 unspecified atom stereocenters. The molecule has 4 nitrogen and oxygen atoms in total. The van der Waals surface area contributed by atoms with Crippen molar-refractivity contribution in [3.8, 4) is 5.75 Å². The number of nitrogens with zero attached hydrogens (tertiary/aromatic N) is 2. The predicted octanol–water partition coefficient (Wildman–Crippen LogP) is 2.65. The summed E-state index contributed by atoms with van der Waals surface area (Å²) in [5.74, 6) is 0.922. The van der Waals surface area contributed by atoms with E-state index in [1.165, 1.54) is 0 Å². The summed E-state index contributed by atoms with van der Waals surface area (Å²) in [5.41, 5.74) is 0.955. The van der Waals surface area contributed by atoms with E-state index in [4.69, 9.17) is 4.74 Å². The molecule has 1 heterocycles. The lowest BCUT2D eigenvalue weighted by Gasteiger charge is -2.33. The maximum atomic E-state index is 12.3. The maximum Gasteiger partial charge on any atom is 0.246 e. The molecule has 2 rings (SSSR count). The van der Waals surface area contributed by atoms with Crippen LogP contribution in [0.3, 0.4) is 0 Å². The van der Waals surface area contributed by atoms with Gasteiger partial charge in [-0.25, -0.2) is 0 Å². The molecule has 1 fully saturated rings. The summed E-state index contributed by atoms with van der Waals surface area (Å²) in [7, 11) is 0. The van der Waals surface area contributed by atoms with Crippen molar-refractivity contribution < 1.29 is 9.53 Å². The Morgan fingerprint density at radius 1 is 1.18 bits per heavy atom. The second-order valence-electron chi connectivity index (χ2n) is 5.48. The molecule has 0 N–H and O–H groups in total. The quantitative estimate of drug-likeness (QED) is 0.757. The molecule has 1 aliphatic heterocycles. The van der Waals surface area contributed by atoms with Crippen LogP contribution in [0.4, 0.5) is 0 Å². The second kappa shape index (κ2) is 8.59. The van der Waals surface area contributed by atoms with Gasteiger partial charge in [0, 0.05) is 37.8 Å². The van der Waals surface area contributed by atoms with Crippen LogP contribution in [0, 0.1) is 0 Å². The van der Waals surface area contributed by atoms with Crippen molar-refractivity contribution in [3.63, 3.8) is 0 Å². The van der Waals surface area contributed by atoms with Crippen LogP contribution in [0.15, 0.2) is 30.3 Å². The number of hydrogen-bond acceptors (Lipinski definition) is 3. The fourth-order valence-corrected chi connectivity index (χ4v) is 2.51. The summed E-state index contributed by atoms with van der Waals surface area (Å²) in [6.45, 7) is 9.54. The van der Waals surface area contributed by atoms with Gasteiger partial charge < -0.3 is 14.5 Å². The van der Waals surface area contributed by atoms with Crippen molar-refractivity contribution in [1.29, 1.82) is 0 Å². The van der Waals surface area contributed by atoms with Crippen molar-refractivity contribution in [1.82, 2.24) is 9.80 Å². The zero-order chi connectivity index (χ0) is 15.8. The van der Waals surface area contributed by atoms with E-state index in [0.717, 1.165) is 50.5 Å². The Balaban J connectivity index is 1.95. The molecule has 1 aliphatic rings. The van der Waals surface area contributed by atoms with Gasteiger partial charge >= 0.3 is 0 Å².